The molecule has 18 heavy (non-hydrogen) atoms. The van der Waals surface area contributed by atoms with Crippen LogP contribution in [0.15, 0.2) is 18.2 Å². The summed E-state index contributed by atoms with van der Waals surface area (Å²) in [5.74, 6) is 0. The third kappa shape index (κ3) is 2.12. The van der Waals surface area contributed by atoms with Crippen molar-refractivity contribution in [3.63, 3.8) is 0 Å². The SMILES string of the molecule is CCc1nc2c(C(C)(C)C)cccc2c(Cl)c1C. The lowest BCUT2D eigenvalue weighted by atomic mass is 9.85. The van der Waals surface area contributed by atoms with Crippen LogP contribution in [0.2, 0.25) is 5.02 Å². The standard InChI is InChI=1S/C16H20ClN/c1-6-13-10(2)14(17)11-8-7-9-12(15(11)18-13)16(3,4)5/h7-9H,6H2,1-5H3. The van der Waals surface area contributed by atoms with Gasteiger partial charge in [-0.1, -0.05) is 57.5 Å². The van der Waals surface area contributed by atoms with Crippen LogP contribution in [0.25, 0.3) is 10.9 Å². The number of halogens is 1. The van der Waals surface area contributed by atoms with Gasteiger partial charge in [0.25, 0.3) is 0 Å². The summed E-state index contributed by atoms with van der Waals surface area (Å²) in [7, 11) is 0. The van der Waals surface area contributed by atoms with Crippen LogP contribution in [0.1, 0.15) is 44.5 Å². The number of fused-ring (bicyclic) bond motifs is 1. The molecule has 0 fully saturated rings. The van der Waals surface area contributed by atoms with Crippen LogP contribution in [0.4, 0.5) is 0 Å². The van der Waals surface area contributed by atoms with Crippen LogP contribution in [0, 0.1) is 6.92 Å². The van der Waals surface area contributed by atoms with Crippen LogP contribution >= 0.6 is 11.6 Å². The second-order valence-electron chi connectivity index (χ2n) is 5.80. The first-order valence-corrected chi connectivity index (χ1v) is 6.82. The molecule has 1 aromatic heterocycles. The summed E-state index contributed by atoms with van der Waals surface area (Å²) in [6.07, 6.45) is 0.917. The molecule has 0 spiro atoms. The summed E-state index contributed by atoms with van der Waals surface area (Å²) in [4.78, 5) is 4.84. The van der Waals surface area contributed by atoms with E-state index in [-0.39, 0.29) is 5.41 Å². The average molecular weight is 262 g/mol. The maximum Gasteiger partial charge on any atom is 0.0757 e. The molecular weight excluding hydrogens is 242 g/mol. The van der Waals surface area contributed by atoms with Crippen molar-refractivity contribution < 1.29 is 0 Å². The molecule has 0 atom stereocenters. The predicted octanol–water partition coefficient (Wildman–Crippen LogP) is 5.06. The van der Waals surface area contributed by atoms with Gasteiger partial charge in [0.05, 0.1) is 10.5 Å². The fourth-order valence-corrected chi connectivity index (χ4v) is 2.60. The summed E-state index contributed by atoms with van der Waals surface area (Å²) < 4.78 is 0. The first-order valence-electron chi connectivity index (χ1n) is 6.44. The Kier molecular flexibility index (Phi) is 3.37. The number of hydrogen-bond donors (Lipinski definition) is 0. The molecule has 0 amide bonds. The summed E-state index contributed by atoms with van der Waals surface area (Å²) >= 11 is 6.49. The summed E-state index contributed by atoms with van der Waals surface area (Å²) in [5.41, 5.74) is 4.60. The monoisotopic (exact) mass is 261 g/mol. The molecule has 2 rings (SSSR count). The molecule has 0 N–H and O–H groups in total. The zero-order chi connectivity index (χ0) is 13.5. The zero-order valence-electron chi connectivity index (χ0n) is 11.8. The topological polar surface area (TPSA) is 12.9 Å². The zero-order valence-corrected chi connectivity index (χ0v) is 12.5. The van der Waals surface area contributed by atoms with E-state index in [0.29, 0.717) is 0 Å². The highest BCUT2D eigenvalue weighted by Gasteiger charge is 2.19. The van der Waals surface area contributed by atoms with E-state index in [4.69, 9.17) is 16.6 Å². The van der Waals surface area contributed by atoms with Gasteiger partial charge in [-0.25, -0.2) is 0 Å². The molecule has 1 nitrogen and oxygen atoms in total. The minimum absolute atomic E-state index is 0.0795. The van der Waals surface area contributed by atoms with Gasteiger partial charge in [-0.2, -0.15) is 0 Å². The molecule has 96 valence electrons. The molecule has 0 saturated carbocycles. The van der Waals surface area contributed by atoms with Crippen LogP contribution in [-0.2, 0) is 11.8 Å². The van der Waals surface area contributed by atoms with Gasteiger partial charge in [0.15, 0.2) is 0 Å². The Bertz CT molecular complexity index is 594. The molecular formula is C16H20ClN. The summed E-state index contributed by atoms with van der Waals surface area (Å²) in [6, 6.07) is 6.29. The molecule has 1 heterocycles. The van der Waals surface area contributed by atoms with E-state index in [1.807, 2.05) is 0 Å². The Morgan fingerprint density at radius 2 is 1.89 bits per heavy atom. The molecule has 0 saturated heterocycles. The lowest BCUT2D eigenvalue weighted by molar-refractivity contribution is 0.594. The van der Waals surface area contributed by atoms with Gasteiger partial charge in [0.1, 0.15) is 0 Å². The fourth-order valence-electron chi connectivity index (χ4n) is 2.34. The van der Waals surface area contributed by atoms with Crippen molar-refractivity contribution in [2.24, 2.45) is 0 Å². The van der Waals surface area contributed by atoms with Gasteiger partial charge in [-0.15, -0.1) is 0 Å². The minimum atomic E-state index is 0.0795. The van der Waals surface area contributed by atoms with Crippen molar-refractivity contribution in [3.05, 3.63) is 40.0 Å². The maximum absolute atomic E-state index is 6.49. The van der Waals surface area contributed by atoms with Crippen molar-refractivity contribution in [2.45, 2.75) is 46.5 Å². The Hall–Kier alpha value is -1.08. The molecule has 2 heteroatoms. The highest BCUT2D eigenvalue weighted by Crippen LogP contribution is 2.34. The number of aryl methyl sites for hydroxylation is 1. The molecule has 0 aliphatic rings. The molecule has 2 aromatic rings. The second kappa shape index (κ2) is 4.55. The number of benzene rings is 1. The van der Waals surface area contributed by atoms with Crippen molar-refractivity contribution in [1.82, 2.24) is 4.98 Å². The van der Waals surface area contributed by atoms with Crippen LogP contribution in [0.5, 0.6) is 0 Å². The van der Waals surface area contributed by atoms with Crippen molar-refractivity contribution in [2.75, 3.05) is 0 Å². The largest absolute Gasteiger partial charge is 0.252 e. The van der Waals surface area contributed by atoms with E-state index in [2.05, 4.69) is 52.8 Å². The van der Waals surface area contributed by atoms with E-state index >= 15 is 0 Å². The smallest absolute Gasteiger partial charge is 0.0757 e. The first-order chi connectivity index (χ1) is 8.36. The Balaban J connectivity index is 2.89. The van der Waals surface area contributed by atoms with E-state index in [1.54, 1.807) is 0 Å². The number of nitrogens with zero attached hydrogens (tertiary/aromatic N) is 1. The van der Waals surface area contributed by atoms with Gasteiger partial charge < -0.3 is 0 Å². The highest BCUT2D eigenvalue weighted by molar-refractivity contribution is 6.36. The number of aromatic nitrogens is 1. The summed E-state index contributed by atoms with van der Waals surface area (Å²) in [5, 5.41) is 1.92. The Morgan fingerprint density at radius 1 is 1.22 bits per heavy atom. The van der Waals surface area contributed by atoms with Crippen molar-refractivity contribution >= 4 is 22.5 Å². The molecule has 0 radical (unpaired) electrons. The van der Waals surface area contributed by atoms with Crippen LogP contribution < -0.4 is 0 Å². The maximum atomic E-state index is 6.49. The first kappa shape index (κ1) is 13.4. The Labute approximate surface area is 114 Å². The molecule has 0 aliphatic heterocycles. The van der Waals surface area contributed by atoms with Crippen LogP contribution in [0.3, 0.4) is 0 Å². The predicted molar refractivity (Wildman–Crippen MR) is 79.6 cm³/mol. The van der Waals surface area contributed by atoms with E-state index in [0.717, 1.165) is 33.6 Å². The lowest BCUT2D eigenvalue weighted by Gasteiger charge is -2.22. The van der Waals surface area contributed by atoms with Crippen molar-refractivity contribution in [1.29, 1.82) is 0 Å². The average Bonchev–Trinajstić information content (AvgIpc) is 2.31. The van der Waals surface area contributed by atoms with E-state index < -0.39 is 0 Å². The number of hydrogen-bond acceptors (Lipinski definition) is 1. The summed E-state index contributed by atoms with van der Waals surface area (Å²) in [6.45, 7) is 10.8. The van der Waals surface area contributed by atoms with Gasteiger partial charge in [0, 0.05) is 11.1 Å². The molecule has 0 bridgehead atoms. The van der Waals surface area contributed by atoms with Gasteiger partial charge >= 0.3 is 0 Å². The van der Waals surface area contributed by atoms with Crippen LogP contribution in [-0.4, -0.2) is 4.98 Å². The van der Waals surface area contributed by atoms with Gasteiger partial charge in [0.2, 0.25) is 0 Å². The van der Waals surface area contributed by atoms with Crippen molar-refractivity contribution in [3.8, 4) is 0 Å². The fraction of sp³-hybridized carbons (Fsp3) is 0.438. The minimum Gasteiger partial charge on any atom is -0.252 e. The third-order valence-corrected chi connectivity index (χ3v) is 3.91. The molecule has 0 unspecified atom stereocenters. The highest BCUT2D eigenvalue weighted by atomic mass is 35.5. The number of pyridine rings is 1. The normalized spacial score (nSPS) is 12.1. The number of para-hydroxylation sites is 1. The van der Waals surface area contributed by atoms with Gasteiger partial charge in [-0.3, -0.25) is 4.98 Å². The van der Waals surface area contributed by atoms with E-state index in [1.165, 1.54) is 5.56 Å². The molecule has 0 aliphatic carbocycles. The van der Waals surface area contributed by atoms with E-state index in [9.17, 15) is 0 Å². The quantitative estimate of drug-likeness (QED) is 0.699. The molecule has 1 aromatic carbocycles. The van der Waals surface area contributed by atoms with Gasteiger partial charge in [-0.05, 0) is 29.9 Å². The second-order valence-corrected chi connectivity index (χ2v) is 6.18. The third-order valence-electron chi connectivity index (χ3n) is 3.42. The lowest BCUT2D eigenvalue weighted by Crippen LogP contribution is -2.13. The number of rotatable bonds is 1. The Morgan fingerprint density at radius 3 is 2.44 bits per heavy atom.